The van der Waals surface area contributed by atoms with Crippen LogP contribution in [0.25, 0.3) is 0 Å². The second-order valence-corrected chi connectivity index (χ2v) is 2.08. The van der Waals surface area contributed by atoms with E-state index >= 15 is 0 Å². The van der Waals surface area contributed by atoms with Gasteiger partial charge in [-0.1, -0.05) is 22.6 Å². The molecule has 0 saturated carbocycles. The molecule has 0 aromatic heterocycles. The number of nitrogens with two attached hydrogens (primary N) is 1. The molecule has 0 rings (SSSR count). The smallest absolute Gasteiger partial charge is 0.0105 e. The lowest BCUT2D eigenvalue weighted by atomic mass is 10.5. The van der Waals surface area contributed by atoms with Crippen molar-refractivity contribution < 1.29 is 0 Å². The molecule has 0 amide bonds. The highest BCUT2D eigenvalue weighted by atomic mass is 127. The van der Waals surface area contributed by atoms with Crippen LogP contribution in [0.2, 0.25) is 0 Å². The fourth-order valence-electron chi connectivity index (χ4n) is 0.169. The van der Waals surface area contributed by atoms with Gasteiger partial charge >= 0.3 is 0 Å². The van der Waals surface area contributed by atoms with E-state index in [-0.39, 0.29) is 0 Å². The summed E-state index contributed by atoms with van der Waals surface area (Å²) in [5, 5.41) is 0. The highest BCUT2D eigenvalue weighted by Gasteiger charge is 1.75. The highest BCUT2D eigenvalue weighted by Crippen LogP contribution is 1.83. The fourth-order valence-corrected chi connectivity index (χ4v) is 0.550. The molecule has 0 unspecified atom stereocenters. The summed E-state index contributed by atoms with van der Waals surface area (Å²) in [6.45, 7) is 0.933. The molecule has 0 aromatic rings. The van der Waals surface area contributed by atoms with Crippen LogP contribution in [0.3, 0.4) is 0 Å². The van der Waals surface area contributed by atoms with E-state index in [1.54, 1.807) is 0 Å². The number of rotatable bonds is 3. The van der Waals surface area contributed by atoms with E-state index in [9.17, 15) is 0 Å². The van der Waals surface area contributed by atoms with Crippen molar-refractivity contribution in [2.45, 2.75) is 6.42 Å². The summed E-state index contributed by atoms with van der Waals surface area (Å²) >= 11 is 2.32. The van der Waals surface area contributed by atoms with Gasteiger partial charge in [-0.05, 0) is 6.42 Å². The monoisotopic (exact) mass is 200 g/mol. The minimum atomic E-state index is 0.933. The van der Waals surface area contributed by atoms with Gasteiger partial charge in [-0.15, -0.1) is 0 Å². The average Bonchev–Trinajstić information content (AvgIpc) is 1.61. The Morgan fingerprint density at radius 3 is 2.50 bits per heavy atom. The van der Waals surface area contributed by atoms with E-state index in [0.717, 1.165) is 13.0 Å². The minimum Gasteiger partial charge on any atom is -0.271 e. The van der Waals surface area contributed by atoms with Gasteiger partial charge < -0.3 is 0 Å². The van der Waals surface area contributed by atoms with Crippen molar-refractivity contribution in [3.63, 3.8) is 0 Å². The van der Waals surface area contributed by atoms with Gasteiger partial charge in [0.25, 0.3) is 0 Å². The van der Waals surface area contributed by atoms with E-state index in [4.69, 9.17) is 5.84 Å². The van der Waals surface area contributed by atoms with Crippen molar-refractivity contribution in [3.8, 4) is 0 Å². The molecule has 0 aliphatic carbocycles. The molecule has 6 heavy (non-hydrogen) atoms. The van der Waals surface area contributed by atoms with Crippen LogP contribution in [0.15, 0.2) is 0 Å². The van der Waals surface area contributed by atoms with Crippen LogP contribution in [0.1, 0.15) is 6.42 Å². The second-order valence-electron chi connectivity index (χ2n) is 0.997. The van der Waals surface area contributed by atoms with E-state index < -0.39 is 0 Å². The molecule has 0 aliphatic rings. The summed E-state index contributed by atoms with van der Waals surface area (Å²) in [5.74, 6) is 4.96. The van der Waals surface area contributed by atoms with Crippen molar-refractivity contribution in [3.05, 3.63) is 0 Å². The molecule has 0 bridgehead atoms. The van der Waals surface area contributed by atoms with Gasteiger partial charge in [-0.25, -0.2) is 0 Å². The number of halogens is 1. The fraction of sp³-hybridized carbons (Fsp3) is 1.00. The highest BCUT2D eigenvalue weighted by molar-refractivity contribution is 14.1. The normalized spacial score (nSPS) is 9.00. The quantitative estimate of drug-likeness (QED) is 0.225. The molecular weight excluding hydrogens is 191 g/mol. The predicted molar refractivity (Wildman–Crippen MR) is 35.7 cm³/mol. The third kappa shape index (κ3) is 4.65. The number of hydrogen-bond acceptors (Lipinski definition) is 2. The first-order chi connectivity index (χ1) is 2.91. The SMILES string of the molecule is NNCCCI. The molecule has 38 valence electrons. The van der Waals surface area contributed by atoms with Crippen molar-refractivity contribution in [2.75, 3.05) is 11.0 Å². The van der Waals surface area contributed by atoms with Crippen molar-refractivity contribution in [1.82, 2.24) is 5.43 Å². The first-order valence-electron chi connectivity index (χ1n) is 1.91. The summed E-state index contributed by atoms with van der Waals surface area (Å²) in [6, 6.07) is 0. The van der Waals surface area contributed by atoms with Crippen LogP contribution in [-0.4, -0.2) is 11.0 Å². The second kappa shape index (κ2) is 5.65. The molecule has 0 atom stereocenters. The predicted octanol–water partition coefficient (Wildman–Crippen LogP) is 0.275. The first kappa shape index (κ1) is 6.65. The van der Waals surface area contributed by atoms with E-state index in [2.05, 4.69) is 28.0 Å². The number of alkyl halides is 1. The third-order valence-electron chi connectivity index (χ3n) is 0.455. The van der Waals surface area contributed by atoms with Gasteiger partial charge in [0.1, 0.15) is 0 Å². The van der Waals surface area contributed by atoms with E-state index in [0.29, 0.717) is 0 Å². The molecule has 0 heterocycles. The van der Waals surface area contributed by atoms with E-state index in [1.165, 1.54) is 4.43 Å². The summed E-state index contributed by atoms with van der Waals surface area (Å²) in [6.07, 6.45) is 1.16. The van der Waals surface area contributed by atoms with Gasteiger partial charge in [0, 0.05) is 11.0 Å². The Kier molecular flexibility index (Phi) is 6.26. The molecule has 0 fully saturated rings. The van der Waals surface area contributed by atoms with Crippen LogP contribution in [0.5, 0.6) is 0 Å². The maximum absolute atomic E-state index is 4.96. The van der Waals surface area contributed by atoms with Crippen molar-refractivity contribution >= 4 is 22.6 Å². The molecule has 0 spiro atoms. The Hall–Kier alpha value is 0.650. The van der Waals surface area contributed by atoms with Crippen molar-refractivity contribution in [1.29, 1.82) is 0 Å². The maximum Gasteiger partial charge on any atom is 0.0105 e. The topological polar surface area (TPSA) is 38.0 Å². The Balaban J connectivity index is 2.34. The molecule has 0 radical (unpaired) electrons. The number of hydrogen-bond donors (Lipinski definition) is 2. The summed E-state index contributed by atoms with van der Waals surface area (Å²) in [4.78, 5) is 0. The third-order valence-corrected chi connectivity index (χ3v) is 1.22. The van der Waals surface area contributed by atoms with Crippen molar-refractivity contribution in [2.24, 2.45) is 5.84 Å². The lowest BCUT2D eigenvalue weighted by molar-refractivity contribution is 0.722. The van der Waals surface area contributed by atoms with Crippen LogP contribution in [0, 0.1) is 0 Å². The van der Waals surface area contributed by atoms with Gasteiger partial charge in [0.15, 0.2) is 0 Å². The van der Waals surface area contributed by atoms with Crippen LogP contribution in [-0.2, 0) is 0 Å². The molecule has 0 aromatic carbocycles. The standard InChI is InChI=1S/C3H9IN2/c4-2-1-3-6-5/h6H,1-3,5H2. The molecule has 2 nitrogen and oxygen atoms in total. The Bertz CT molecular complexity index is 20.8. The number of nitrogens with one attached hydrogen (secondary N) is 1. The zero-order valence-electron chi connectivity index (χ0n) is 3.58. The first-order valence-corrected chi connectivity index (χ1v) is 3.44. The Morgan fingerprint density at radius 1 is 1.67 bits per heavy atom. The maximum atomic E-state index is 4.96. The van der Waals surface area contributed by atoms with Gasteiger partial charge in [0.05, 0.1) is 0 Å². The average molecular weight is 200 g/mol. The lowest BCUT2D eigenvalue weighted by Crippen LogP contribution is -2.22. The molecular formula is C3H9IN2. The number of hydrazine groups is 1. The Morgan fingerprint density at radius 2 is 2.33 bits per heavy atom. The lowest BCUT2D eigenvalue weighted by Gasteiger charge is -1.89. The Labute approximate surface area is 51.6 Å². The van der Waals surface area contributed by atoms with Gasteiger partial charge in [-0.3, -0.25) is 11.3 Å². The van der Waals surface area contributed by atoms with Crippen LogP contribution < -0.4 is 11.3 Å². The van der Waals surface area contributed by atoms with E-state index in [1.807, 2.05) is 0 Å². The van der Waals surface area contributed by atoms with Gasteiger partial charge in [-0.2, -0.15) is 0 Å². The molecule has 3 N–H and O–H groups in total. The minimum absolute atomic E-state index is 0.933. The van der Waals surface area contributed by atoms with Gasteiger partial charge in [0.2, 0.25) is 0 Å². The van der Waals surface area contributed by atoms with Crippen LogP contribution in [0.4, 0.5) is 0 Å². The summed E-state index contributed by atoms with van der Waals surface area (Å²) in [5.41, 5.74) is 2.56. The summed E-state index contributed by atoms with van der Waals surface area (Å²) < 4.78 is 1.18. The molecule has 0 saturated heterocycles. The molecule has 3 heteroatoms. The summed E-state index contributed by atoms with van der Waals surface area (Å²) in [7, 11) is 0. The largest absolute Gasteiger partial charge is 0.271 e. The zero-order chi connectivity index (χ0) is 4.83. The van der Waals surface area contributed by atoms with Crippen LogP contribution >= 0.6 is 22.6 Å². The molecule has 0 aliphatic heterocycles. The zero-order valence-corrected chi connectivity index (χ0v) is 5.73.